The molecule has 2 rings (SSSR count). The summed E-state index contributed by atoms with van der Waals surface area (Å²) in [5.41, 5.74) is 0. The maximum Gasteiger partial charge on any atom is 0.319 e. The minimum Gasteiger partial charge on any atom is -0.335 e. The summed E-state index contributed by atoms with van der Waals surface area (Å²) in [6, 6.07) is -0.0684. The monoisotopic (exact) mass is 300 g/mol. The summed E-state index contributed by atoms with van der Waals surface area (Å²) in [5, 5.41) is 2.99. The largest absolute Gasteiger partial charge is 0.335 e. The van der Waals surface area contributed by atoms with Gasteiger partial charge in [-0.3, -0.25) is 4.57 Å². The highest BCUT2D eigenvalue weighted by atomic mass is 19.3. The summed E-state index contributed by atoms with van der Waals surface area (Å²) in [5.74, 6) is 0.637. The molecular weight excluding hydrogens is 278 g/mol. The Bertz CT molecular complexity index is 477. The van der Waals surface area contributed by atoms with Gasteiger partial charge in [-0.25, -0.2) is 9.78 Å². The number of imidazole rings is 1. The van der Waals surface area contributed by atoms with Gasteiger partial charge in [0, 0.05) is 25.5 Å². The molecule has 7 heteroatoms. The molecule has 1 aliphatic carbocycles. The normalized spacial score (nSPS) is 22.3. The summed E-state index contributed by atoms with van der Waals surface area (Å²) in [4.78, 5) is 17.4. The molecule has 2 amide bonds. The predicted molar refractivity (Wildman–Crippen MR) is 74.9 cm³/mol. The molecule has 1 fully saturated rings. The number of hydrogen-bond acceptors (Lipinski definition) is 2. The molecule has 1 aliphatic rings. The van der Waals surface area contributed by atoms with Gasteiger partial charge in [-0.2, -0.15) is 8.78 Å². The topological polar surface area (TPSA) is 50.2 Å². The Kier molecular flexibility index (Phi) is 5.14. The fourth-order valence-electron chi connectivity index (χ4n) is 2.73. The summed E-state index contributed by atoms with van der Waals surface area (Å²) in [6.45, 7) is -0.449. The molecule has 2 unspecified atom stereocenters. The Morgan fingerprint density at radius 1 is 1.52 bits per heavy atom. The van der Waals surface area contributed by atoms with Crippen molar-refractivity contribution in [3.63, 3.8) is 0 Å². The van der Waals surface area contributed by atoms with Crippen molar-refractivity contribution in [3.8, 4) is 0 Å². The van der Waals surface area contributed by atoms with Gasteiger partial charge in [0.05, 0.1) is 6.54 Å². The van der Waals surface area contributed by atoms with Crippen molar-refractivity contribution in [2.24, 2.45) is 5.92 Å². The molecule has 0 aliphatic heterocycles. The van der Waals surface area contributed by atoms with E-state index < -0.39 is 6.55 Å². The Balaban J connectivity index is 1.91. The molecule has 0 spiro atoms. The van der Waals surface area contributed by atoms with Crippen molar-refractivity contribution in [3.05, 3.63) is 18.2 Å². The number of nitrogens with one attached hydrogen (secondary N) is 1. The van der Waals surface area contributed by atoms with Crippen LogP contribution in [0.25, 0.3) is 0 Å². The van der Waals surface area contributed by atoms with Crippen LogP contribution in [0.5, 0.6) is 0 Å². The van der Waals surface area contributed by atoms with Gasteiger partial charge in [0.15, 0.2) is 0 Å². The SMILES string of the molecule is CC1CCCCC1NC(=O)N(C)Cc1nccn1C(F)F. The zero-order valence-electron chi connectivity index (χ0n) is 12.4. The first-order valence-electron chi connectivity index (χ1n) is 7.30. The molecule has 21 heavy (non-hydrogen) atoms. The molecule has 1 heterocycles. The van der Waals surface area contributed by atoms with Crippen molar-refractivity contribution < 1.29 is 13.6 Å². The average molecular weight is 300 g/mol. The highest BCUT2D eigenvalue weighted by molar-refractivity contribution is 5.74. The van der Waals surface area contributed by atoms with Crippen molar-refractivity contribution in [2.75, 3.05) is 7.05 Å². The smallest absolute Gasteiger partial charge is 0.319 e. The van der Waals surface area contributed by atoms with Gasteiger partial charge < -0.3 is 10.2 Å². The van der Waals surface area contributed by atoms with Crippen LogP contribution in [0.15, 0.2) is 12.4 Å². The van der Waals surface area contributed by atoms with E-state index in [1.54, 1.807) is 7.05 Å². The van der Waals surface area contributed by atoms with E-state index >= 15 is 0 Å². The molecule has 0 radical (unpaired) electrons. The Morgan fingerprint density at radius 3 is 2.90 bits per heavy atom. The zero-order chi connectivity index (χ0) is 15.4. The number of carbonyl (C=O) groups excluding carboxylic acids is 1. The standard InChI is InChI=1S/C14H22F2N4O/c1-10-5-3-4-6-11(10)18-14(21)19(2)9-12-17-7-8-20(12)13(15)16/h7-8,10-11,13H,3-6,9H2,1-2H3,(H,18,21). The Hall–Kier alpha value is -1.66. The Morgan fingerprint density at radius 2 is 2.24 bits per heavy atom. The van der Waals surface area contributed by atoms with Crippen molar-refractivity contribution in [1.29, 1.82) is 0 Å². The lowest BCUT2D eigenvalue weighted by Crippen LogP contribution is -2.46. The molecule has 0 bridgehead atoms. The molecule has 5 nitrogen and oxygen atoms in total. The minimum atomic E-state index is -2.64. The maximum atomic E-state index is 12.7. The van der Waals surface area contributed by atoms with Crippen molar-refractivity contribution >= 4 is 6.03 Å². The van der Waals surface area contributed by atoms with Gasteiger partial charge in [-0.1, -0.05) is 19.8 Å². The van der Waals surface area contributed by atoms with Crippen molar-refractivity contribution in [1.82, 2.24) is 19.8 Å². The van der Waals surface area contributed by atoms with Gasteiger partial charge in [0.2, 0.25) is 0 Å². The van der Waals surface area contributed by atoms with Crippen LogP contribution in [0.1, 0.15) is 45.0 Å². The van der Waals surface area contributed by atoms with Crippen molar-refractivity contribution in [2.45, 2.75) is 51.7 Å². The van der Waals surface area contributed by atoms with Gasteiger partial charge >= 0.3 is 12.6 Å². The van der Waals surface area contributed by atoms with Crippen LogP contribution in [0.4, 0.5) is 13.6 Å². The minimum absolute atomic E-state index is 0.0598. The van der Waals surface area contributed by atoms with Crippen LogP contribution in [0, 0.1) is 5.92 Å². The van der Waals surface area contributed by atoms with Gasteiger partial charge in [-0.05, 0) is 18.8 Å². The lowest BCUT2D eigenvalue weighted by Gasteiger charge is -2.31. The van der Waals surface area contributed by atoms with E-state index in [4.69, 9.17) is 0 Å². The third kappa shape index (κ3) is 3.92. The van der Waals surface area contributed by atoms with Gasteiger partial charge in [0.1, 0.15) is 5.82 Å². The number of carbonyl (C=O) groups is 1. The van der Waals surface area contributed by atoms with Crippen LogP contribution < -0.4 is 5.32 Å². The second-order valence-corrected chi connectivity index (χ2v) is 5.70. The molecule has 2 atom stereocenters. The first-order chi connectivity index (χ1) is 9.99. The number of aromatic nitrogens is 2. The lowest BCUT2D eigenvalue weighted by atomic mass is 9.86. The van der Waals surface area contributed by atoms with Gasteiger partial charge in [-0.15, -0.1) is 0 Å². The molecule has 1 N–H and O–H groups in total. The van der Waals surface area contributed by atoms with Crippen LogP contribution in [0.3, 0.4) is 0 Å². The molecule has 1 aromatic rings. The second kappa shape index (κ2) is 6.87. The number of amides is 2. The first-order valence-corrected chi connectivity index (χ1v) is 7.30. The number of rotatable bonds is 4. The van der Waals surface area contributed by atoms with E-state index in [2.05, 4.69) is 17.2 Å². The predicted octanol–water partition coefficient (Wildman–Crippen LogP) is 3.00. The highest BCUT2D eigenvalue weighted by Gasteiger charge is 2.24. The number of alkyl halides is 2. The van der Waals surface area contributed by atoms with E-state index in [1.807, 2.05) is 0 Å². The summed E-state index contributed by atoms with van der Waals surface area (Å²) in [6.07, 6.45) is 6.95. The van der Waals surface area contributed by atoms with Crippen LogP contribution >= 0.6 is 0 Å². The average Bonchev–Trinajstić information content (AvgIpc) is 2.89. The first kappa shape index (κ1) is 15.7. The number of urea groups is 1. The fourth-order valence-corrected chi connectivity index (χ4v) is 2.73. The van der Waals surface area contributed by atoms with Crippen LogP contribution in [-0.2, 0) is 6.54 Å². The molecular formula is C14H22F2N4O. The van der Waals surface area contributed by atoms with E-state index in [1.165, 1.54) is 23.7 Å². The Labute approximate surface area is 123 Å². The number of nitrogens with zero attached hydrogens (tertiary/aromatic N) is 3. The molecule has 0 saturated heterocycles. The van der Waals surface area contributed by atoms with E-state index in [0.29, 0.717) is 5.92 Å². The third-order valence-electron chi connectivity index (χ3n) is 4.10. The molecule has 1 saturated carbocycles. The zero-order valence-corrected chi connectivity index (χ0v) is 12.4. The van der Waals surface area contributed by atoms with E-state index in [0.717, 1.165) is 23.8 Å². The number of halogens is 2. The fraction of sp³-hybridized carbons (Fsp3) is 0.714. The van der Waals surface area contributed by atoms with Crippen LogP contribution in [0.2, 0.25) is 0 Å². The number of hydrogen-bond donors (Lipinski definition) is 1. The summed E-state index contributed by atoms with van der Waals surface area (Å²) >= 11 is 0. The highest BCUT2D eigenvalue weighted by Crippen LogP contribution is 2.24. The molecule has 118 valence electrons. The third-order valence-corrected chi connectivity index (χ3v) is 4.10. The summed E-state index contributed by atoms with van der Waals surface area (Å²) < 4.78 is 26.3. The molecule has 0 aromatic carbocycles. The van der Waals surface area contributed by atoms with Gasteiger partial charge in [0.25, 0.3) is 0 Å². The summed E-state index contributed by atoms with van der Waals surface area (Å²) in [7, 11) is 1.59. The van der Waals surface area contributed by atoms with E-state index in [9.17, 15) is 13.6 Å². The van der Waals surface area contributed by atoms with E-state index in [-0.39, 0.29) is 24.4 Å². The van der Waals surface area contributed by atoms with Crippen LogP contribution in [-0.4, -0.2) is 33.6 Å². The molecule has 1 aromatic heterocycles. The second-order valence-electron chi connectivity index (χ2n) is 5.70. The maximum absolute atomic E-state index is 12.7. The lowest BCUT2D eigenvalue weighted by molar-refractivity contribution is 0.0650. The quantitative estimate of drug-likeness (QED) is 0.929.